The van der Waals surface area contributed by atoms with Gasteiger partial charge >= 0.3 is 11.9 Å². The molecular formula is C14H17NO7. The van der Waals surface area contributed by atoms with Crippen molar-refractivity contribution in [2.24, 2.45) is 0 Å². The second-order valence-electron chi connectivity index (χ2n) is 4.19. The number of aliphatic hydroxyl groups excluding tert-OH is 1. The van der Waals surface area contributed by atoms with Crippen LogP contribution >= 0.6 is 0 Å². The first-order valence-electron chi connectivity index (χ1n) is 6.49. The molecule has 0 aliphatic carbocycles. The zero-order valence-corrected chi connectivity index (χ0v) is 12.2. The number of benzene rings is 1. The smallest absolute Gasteiger partial charge is 0.367 e. The highest BCUT2D eigenvalue weighted by atomic mass is 16.7. The van der Waals surface area contributed by atoms with Gasteiger partial charge in [0.1, 0.15) is 11.3 Å². The Morgan fingerprint density at radius 1 is 1.27 bits per heavy atom. The summed E-state index contributed by atoms with van der Waals surface area (Å²) in [5, 5.41) is 18.3. The molecule has 0 saturated heterocycles. The maximum atomic E-state index is 12.1. The predicted octanol–water partition coefficient (Wildman–Crippen LogP) is 0.451. The van der Waals surface area contributed by atoms with Gasteiger partial charge in [0.15, 0.2) is 6.04 Å². The number of ether oxygens (including phenoxy) is 1. The Morgan fingerprint density at radius 3 is 2.41 bits per heavy atom. The third-order valence-electron chi connectivity index (χ3n) is 2.64. The van der Waals surface area contributed by atoms with Crippen molar-refractivity contribution in [1.29, 1.82) is 0 Å². The van der Waals surface area contributed by atoms with E-state index in [2.05, 4.69) is 0 Å². The van der Waals surface area contributed by atoms with Crippen molar-refractivity contribution in [3.63, 3.8) is 0 Å². The molecule has 1 rings (SSSR count). The van der Waals surface area contributed by atoms with Crippen LogP contribution in [-0.2, 0) is 14.4 Å². The topological polar surface area (TPSA) is 113 Å². The number of rotatable bonds is 6. The summed E-state index contributed by atoms with van der Waals surface area (Å²) in [4.78, 5) is 39.4. The molecule has 0 aliphatic rings. The molecule has 0 aliphatic heterocycles. The minimum atomic E-state index is -1.68. The van der Waals surface area contributed by atoms with Crippen LogP contribution in [0.25, 0.3) is 0 Å². The quantitative estimate of drug-likeness (QED) is 0.733. The van der Waals surface area contributed by atoms with Crippen LogP contribution in [0.5, 0.6) is 5.75 Å². The van der Waals surface area contributed by atoms with E-state index in [0.29, 0.717) is 11.7 Å². The Hall–Kier alpha value is -2.61. The van der Waals surface area contributed by atoms with Crippen molar-refractivity contribution in [3.05, 3.63) is 29.8 Å². The van der Waals surface area contributed by atoms with Crippen LogP contribution in [-0.4, -0.2) is 52.4 Å². The molecule has 8 heteroatoms. The maximum Gasteiger partial charge on any atom is 0.367 e. The van der Waals surface area contributed by atoms with E-state index in [1.54, 1.807) is 25.1 Å². The Kier molecular flexibility index (Phi) is 6.33. The number of aliphatic carboxylic acids is 1. The second kappa shape index (κ2) is 7.99. The Balaban J connectivity index is 3.02. The number of hydrogen-bond donors (Lipinski definition) is 2. The van der Waals surface area contributed by atoms with E-state index < -0.39 is 30.5 Å². The first-order chi connectivity index (χ1) is 10.4. The molecule has 2 N–H and O–H groups in total. The molecular weight excluding hydrogens is 294 g/mol. The fraction of sp³-hybridized carbons (Fsp3) is 0.357. The molecule has 8 nitrogen and oxygen atoms in total. The van der Waals surface area contributed by atoms with Gasteiger partial charge in [-0.15, -0.1) is 0 Å². The summed E-state index contributed by atoms with van der Waals surface area (Å²) >= 11 is 0. The van der Waals surface area contributed by atoms with E-state index >= 15 is 0 Å². The number of amides is 1. The molecule has 0 fully saturated rings. The molecule has 1 aromatic carbocycles. The molecule has 1 amide bonds. The third kappa shape index (κ3) is 4.19. The number of carbonyl (C=O) groups excluding carboxylic acids is 2. The average Bonchev–Trinajstić information content (AvgIpc) is 2.47. The molecule has 120 valence electrons. The SMILES string of the molecule is CCOc1ccccc1C(=O)ON(C(C)=O)[C@@H](CO)C(=O)O. The van der Waals surface area contributed by atoms with Crippen molar-refractivity contribution in [1.82, 2.24) is 5.06 Å². The van der Waals surface area contributed by atoms with E-state index in [1.165, 1.54) is 6.07 Å². The predicted molar refractivity (Wildman–Crippen MR) is 74.1 cm³/mol. The molecule has 0 aromatic heterocycles. The first-order valence-corrected chi connectivity index (χ1v) is 6.49. The third-order valence-corrected chi connectivity index (χ3v) is 2.64. The van der Waals surface area contributed by atoms with Crippen LogP contribution in [0.15, 0.2) is 24.3 Å². The van der Waals surface area contributed by atoms with E-state index in [0.717, 1.165) is 6.92 Å². The van der Waals surface area contributed by atoms with Crippen molar-refractivity contribution < 1.29 is 34.2 Å². The van der Waals surface area contributed by atoms with Gasteiger partial charge in [-0.25, -0.2) is 9.59 Å². The number of hydrogen-bond acceptors (Lipinski definition) is 6. The fourth-order valence-electron chi connectivity index (χ4n) is 1.66. The lowest BCUT2D eigenvalue weighted by molar-refractivity contribution is -0.188. The highest BCUT2D eigenvalue weighted by Gasteiger charge is 2.31. The number of aliphatic hydroxyl groups is 1. The van der Waals surface area contributed by atoms with Crippen molar-refractivity contribution in [2.75, 3.05) is 13.2 Å². The van der Waals surface area contributed by atoms with Gasteiger partial charge in [0.25, 0.3) is 5.91 Å². The molecule has 0 spiro atoms. The Bertz CT molecular complexity index is 558. The van der Waals surface area contributed by atoms with Crippen LogP contribution < -0.4 is 4.74 Å². The van der Waals surface area contributed by atoms with Crippen LogP contribution in [0.2, 0.25) is 0 Å². The normalized spacial score (nSPS) is 11.4. The Morgan fingerprint density at radius 2 is 1.91 bits per heavy atom. The molecule has 0 bridgehead atoms. The summed E-state index contributed by atoms with van der Waals surface area (Å²) < 4.78 is 5.26. The summed E-state index contributed by atoms with van der Waals surface area (Å²) in [6.07, 6.45) is 0. The monoisotopic (exact) mass is 311 g/mol. The summed E-state index contributed by atoms with van der Waals surface area (Å²) in [6.45, 7) is 2.17. The number of carboxylic acid groups (broad SMARTS) is 1. The van der Waals surface area contributed by atoms with Gasteiger partial charge in [-0.05, 0) is 19.1 Å². The first kappa shape index (κ1) is 17.4. The molecule has 1 atom stereocenters. The summed E-state index contributed by atoms with van der Waals surface area (Å²) in [5.41, 5.74) is 0.0395. The zero-order valence-electron chi connectivity index (χ0n) is 12.2. The highest BCUT2D eigenvalue weighted by molar-refractivity contribution is 5.93. The number of para-hydroxylation sites is 1. The fourth-order valence-corrected chi connectivity index (χ4v) is 1.66. The lowest BCUT2D eigenvalue weighted by Gasteiger charge is -2.24. The van der Waals surface area contributed by atoms with Crippen LogP contribution in [0.1, 0.15) is 24.2 Å². The number of hydroxylamine groups is 2. The van der Waals surface area contributed by atoms with Crippen LogP contribution in [0, 0.1) is 0 Å². The lowest BCUT2D eigenvalue weighted by Crippen LogP contribution is -2.47. The number of carbonyl (C=O) groups is 3. The lowest BCUT2D eigenvalue weighted by atomic mass is 10.2. The summed E-state index contributed by atoms with van der Waals surface area (Å²) in [5.74, 6) is -3.04. The van der Waals surface area contributed by atoms with Gasteiger partial charge in [-0.3, -0.25) is 4.79 Å². The van der Waals surface area contributed by atoms with E-state index in [1.807, 2.05) is 0 Å². The van der Waals surface area contributed by atoms with Gasteiger partial charge in [0.2, 0.25) is 0 Å². The van der Waals surface area contributed by atoms with Crippen molar-refractivity contribution >= 4 is 17.8 Å². The van der Waals surface area contributed by atoms with E-state index in [4.69, 9.17) is 19.8 Å². The largest absolute Gasteiger partial charge is 0.493 e. The standard InChI is InChI=1S/C14H17NO7/c1-3-21-12-7-5-4-6-10(12)14(20)22-15(9(2)17)11(8-16)13(18)19/h4-7,11,16H,3,8H2,1-2H3,(H,18,19)/t11-/m0/s1. The molecule has 1 aromatic rings. The van der Waals surface area contributed by atoms with Gasteiger partial charge in [0.05, 0.1) is 13.2 Å². The molecule has 0 radical (unpaired) electrons. The second-order valence-corrected chi connectivity index (χ2v) is 4.19. The summed E-state index contributed by atoms with van der Waals surface area (Å²) in [7, 11) is 0. The van der Waals surface area contributed by atoms with Gasteiger partial charge in [-0.2, -0.15) is 5.06 Å². The van der Waals surface area contributed by atoms with E-state index in [-0.39, 0.29) is 11.3 Å². The molecule has 0 unspecified atom stereocenters. The van der Waals surface area contributed by atoms with Gasteiger partial charge in [-0.1, -0.05) is 12.1 Å². The zero-order chi connectivity index (χ0) is 16.7. The van der Waals surface area contributed by atoms with Gasteiger partial charge in [0, 0.05) is 6.92 Å². The van der Waals surface area contributed by atoms with Crippen LogP contribution in [0.4, 0.5) is 0 Å². The minimum Gasteiger partial charge on any atom is -0.493 e. The van der Waals surface area contributed by atoms with Crippen LogP contribution in [0.3, 0.4) is 0 Å². The van der Waals surface area contributed by atoms with E-state index in [9.17, 15) is 14.4 Å². The average molecular weight is 311 g/mol. The number of nitrogens with zero attached hydrogens (tertiary/aromatic N) is 1. The minimum absolute atomic E-state index is 0.0395. The van der Waals surface area contributed by atoms with Crippen molar-refractivity contribution in [2.45, 2.75) is 19.9 Å². The highest BCUT2D eigenvalue weighted by Crippen LogP contribution is 2.20. The summed E-state index contributed by atoms with van der Waals surface area (Å²) in [6, 6.07) is 4.50. The van der Waals surface area contributed by atoms with Crippen molar-refractivity contribution in [3.8, 4) is 5.75 Å². The Labute approximate surface area is 126 Å². The number of carboxylic acids is 1. The molecule has 22 heavy (non-hydrogen) atoms. The molecule has 0 heterocycles. The van der Waals surface area contributed by atoms with Gasteiger partial charge < -0.3 is 19.8 Å². The molecule has 0 saturated carbocycles. The maximum absolute atomic E-state index is 12.1.